The van der Waals surface area contributed by atoms with Crippen LogP contribution in [-0.2, 0) is 14.3 Å². The predicted octanol–water partition coefficient (Wildman–Crippen LogP) is 3.08. The van der Waals surface area contributed by atoms with Crippen LogP contribution in [0.2, 0.25) is 0 Å². The molecule has 0 atom stereocenters. The molecule has 5 nitrogen and oxygen atoms in total. The predicted molar refractivity (Wildman–Crippen MR) is 100 cm³/mol. The Morgan fingerprint density at radius 2 is 1.88 bits per heavy atom. The number of thioether (sulfide) groups is 1. The first-order valence-electron chi connectivity index (χ1n) is 8.84. The molecule has 0 bridgehead atoms. The van der Waals surface area contributed by atoms with Crippen LogP contribution in [0.15, 0.2) is 29.2 Å². The monoisotopic (exact) mass is 367 g/mol. The lowest BCUT2D eigenvalue weighted by molar-refractivity contribution is -0.132. The molecule has 6 heteroatoms. The van der Waals surface area contributed by atoms with Crippen molar-refractivity contribution in [3.8, 4) is 5.75 Å². The van der Waals surface area contributed by atoms with Crippen LogP contribution in [0.4, 0.5) is 0 Å². The molecule has 140 valence electrons. The van der Waals surface area contributed by atoms with Gasteiger partial charge < -0.3 is 19.1 Å². The largest absolute Gasteiger partial charge is 0.497 e. The number of hydrogen-bond donors (Lipinski definition) is 0. The smallest absolute Gasteiger partial charge is 0.223 e. The molecule has 2 rings (SSSR count). The standard InChI is InChI=1S/C19H29NO4S/c1-22-12-13-24-15-16-7-10-20(11-8-16)19(21)9-14-25-18-5-3-17(23-2)4-6-18/h3-6,16H,7-15H2,1-2H3. The van der Waals surface area contributed by atoms with Crippen LogP contribution in [0.5, 0.6) is 5.75 Å². The third-order valence-corrected chi connectivity index (χ3v) is 5.41. The number of nitrogens with zero attached hydrogens (tertiary/aromatic N) is 1. The van der Waals surface area contributed by atoms with Crippen molar-refractivity contribution in [2.24, 2.45) is 5.92 Å². The second-order valence-corrected chi connectivity index (χ2v) is 7.33. The highest BCUT2D eigenvalue weighted by Gasteiger charge is 2.22. The lowest BCUT2D eigenvalue weighted by atomic mass is 9.97. The van der Waals surface area contributed by atoms with Gasteiger partial charge >= 0.3 is 0 Å². The van der Waals surface area contributed by atoms with E-state index in [1.54, 1.807) is 26.0 Å². The van der Waals surface area contributed by atoms with Crippen molar-refractivity contribution in [2.75, 3.05) is 52.9 Å². The van der Waals surface area contributed by atoms with Crippen LogP contribution in [0, 0.1) is 5.92 Å². The number of rotatable bonds is 10. The summed E-state index contributed by atoms with van der Waals surface area (Å²) in [5.74, 6) is 2.49. The first-order chi connectivity index (χ1) is 12.2. The minimum absolute atomic E-state index is 0.264. The Morgan fingerprint density at radius 3 is 2.52 bits per heavy atom. The van der Waals surface area contributed by atoms with Crippen LogP contribution in [0.3, 0.4) is 0 Å². The molecule has 0 saturated carbocycles. The number of likely N-dealkylation sites (tertiary alicyclic amines) is 1. The van der Waals surface area contributed by atoms with Gasteiger partial charge in [-0.05, 0) is 43.0 Å². The fourth-order valence-corrected chi connectivity index (χ4v) is 3.67. The first-order valence-corrected chi connectivity index (χ1v) is 9.82. The molecule has 0 aromatic heterocycles. The average Bonchev–Trinajstić information content (AvgIpc) is 2.66. The Bertz CT molecular complexity index is 501. The van der Waals surface area contributed by atoms with Gasteiger partial charge in [-0.25, -0.2) is 0 Å². The maximum absolute atomic E-state index is 12.3. The molecular formula is C19H29NO4S. The molecule has 1 amide bonds. The Labute approximate surface area is 155 Å². The number of hydrogen-bond acceptors (Lipinski definition) is 5. The third-order valence-electron chi connectivity index (χ3n) is 4.40. The zero-order valence-corrected chi connectivity index (χ0v) is 16.1. The quantitative estimate of drug-likeness (QED) is 0.470. The fourth-order valence-electron chi connectivity index (χ4n) is 2.83. The van der Waals surface area contributed by atoms with Gasteiger partial charge in [0.1, 0.15) is 5.75 Å². The Kier molecular flexibility index (Phi) is 9.15. The third kappa shape index (κ3) is 7.26. The zero-order chi connectivity index (χ0) is 17.9. The summed E-state index contributed by atoms with van der Waals surface area (Å²) in [4.78, 5) is 15.5. The number of amides is 1. The fraction of sp³-hybridized carbons (Fsp3) is 0.632. The van der Waals surface area contributed by atoms with Gasteiger partial charge in [0.2, 0.25) is 5.91 Å². The maximum Gasteiger partial charge on any atom is 0.223 e. The minimum atomic E-state index is 0.264. The van der Waals surface area contributed by atoms with Gasteiger partial charge in [0, 0.05) is 43.9 Å². The summed E-state index contributed by atoms with van der Waals surface area (Å²) in [6, 6.07) is 7.96. The van der Waals surface area contributed by atoms with Gasteiger partial charge in [0.05, 0.1) is 20.3 Å². The van der Waals surface area contributed by atoms with Crippen LogP contribution >= 0.6 is 11.8 Å². The van der Waals surface area contributed by atoms with Gasteiger partial charge in [-0.3, -0.25) is 4.79 Å². The Balaban J connectivity index is 1.60. The lowest BCUT2D eigenvalue weighted by Crippen LogP contribution is -2.39. The van der Waals surface area contributed by atoms with Gasteiger partial charge in [0.25, 0.3) is 0 Å². The van der Waals surface area contributed by atoms with E-state index in [0.717, 1.165) is 44.0 Å². The van der Waals surface area contributed by atoms with Gasteiger partial charge in [0.15, 0.2) is 0 Å². The highest BCUT2D eigenvalue weighted by Crippen LogP contribution is 2.23. The van der Waals surface area contributed by atoms with E-state index in [0.29, 0.717) is 25.6 Å². The molecule has 1 heterocycles. The second-order valence-electron chi connectivity index (χ2n) is 6.17. The zero-order valence-electron chi connectivity index (χ0n) is 15.2. The topological polar surface area (TPSA) is 48.0 Å². The van der Waals surface area contributed by atoms with Crippen LogP contribution in [0.1, 0.15) is 19.3 Å². The molecule has 0 spiro atoms. The first kappa shape index (κ1) is 20.1. The molecule has 1 aliphatic heterocycles. The van der Waals surface area contributed by atoms with E-state index in [9.17, 15) is 4.79 Å². The van der Waals surface area contributed by atoms with Crippen molar-refractivity contribution in [3.05, 3.63) is 24.3 Å². The molecule has 1 aliphatic rings. The van der Waals surface area contributed by atoms with Crippen molar-refractivity contribution in [1.82, 2.24) is 4.90 Å². The van der Waals surface area contributed by atoms with E-state index in [1.165, 1.54) is 4.90 Å². The second kappa shape index (κ2) is 11.4. The van der Waals surface area contributed by atoms with E-state index in [1.807, 2.05) is 29.2 Å². The molecule has 0 unspecified atom stereocenters. The van der Waals surface area contributed by atoms with E-state index in [-0.39, 0.29) is 5.91 Å². The Hall–Kier alpha value is -1.24. The molecule has 1 saturated heterocycles. The van der Waals surface area contributed by atoms with Crippen molar-refractivity contribution < 1.29 is 19.0 Å². The Morgan fingerprint density at radius 1 is 1.16 bits per heavy atom. The van der Waals surface area contributed by atoms with Crippen molar-refractivity contribution in [3.63, 3.8) is 0 Å². The summed E-state index contributed by atoms with van der Waals surface area (Å²) < 4.78 is 15.7. The van der Waals surface area contributed by atoms with Gasteiger partial charge in [-0.1, -0.05) is 0 Å². The highest BCUT2D eigenvalue weighted by atomic mass is 32.2. The molecule has 0 N–H and O–H groups in total. The maximum atomic E-state index is 12.3. The molecular weight excluding hydrogens is 338 g/mol. The summed E-state index contributed by atoms with van der Waals surface area (Å²) in [5.41, 5.74) is 0. The van der Waals surface area contributed by atoms with Crippen molar-refractivity contribution in [2.45, 2.75) is 24.2 Å². The number of methoxy groups -OCH3 is 2. The SMILES string of the molecule is COCCOCC1CCN(C(=O)CCSc2ccc(OC)cc2)CC1. The van der Waals surface area contributed by atoms with Crippen LogP contribution in [-0.4, -0.2) is 63.7 Å². The van der Waals surface area contributed by atoms with E-state index >= 15 is 0 Å². The van der Waals surface area contributed by atoms with Gasteiger partial charge in [-0.15, -0.1) is 11.8 Å². The highest BCUT2D eigenvalue weighted by molar-refractivity contribution is 7.99. The summed E-state index contributed by atoms with van der Waals surface area (Å²) in [7, 11) is 3.34. The number of piperidine rings is 1. The lowest BCUT2D eigenvalue weighted by Gasteiger charge is -2.32. The van der Waals surface area contributed by atoms with E-state index < -0.39 is 0 Å². The van der Waals surface area contributed by atoms with Crippen molar-refractivity contribution >= 4 is 17.7 Å². The summed E-state index contributed by atoms with van der Waals surface area (Å²) in [6.07, 6.45) is 2.65. The summed E-state index contributed by atoms with van der Waals surface area (Å²) in [5, 5.41) is 0. The number of carbonyl (C=O) groups excluding carboxylic acids is 1. The van der Waals surface area contributed by atoms with Gasteiger partial charge in [-0.2, -0.15) is 0 Å². The molecule has 1 aromatic rings. The number of benzene rings is 1. The summed E-state index contributed by atoms with van der Waals surface area (Å²) in [6.45, 7) is 3.77. The molecule has 1 fully saturated rings. The molecule has 0 aliphatic carbocycles. The molecule has 0 radical (unpaired) electrons. The van der Waals surface area contributed by atoms with Crippen LogP contribution in [0.25, 0.3) is 0 Å². The number of ether oxygens (including phenoxy) is 3. The molecule has 25 heavy (non-hydrogen) atoms. The average molecular weight is 368 g/mol. The van der Waals surface area contributed by atoms with E-state index in [2.05, 4.69) is 0 Å². The van der Waals surface area contributed by atoms with Crippen molar-refractivity contribution in [1.29, 1.82) is 0 Å². The summed E-state index contributed by atoms with van der Waals surface area (Å²) >= 11 is 1.71. The molecule has 1 aromatic carbocycles. The van der Waals surface area contributed by atoms with Crippen LogP contribution < -0.4 is 4.74 Å². The minimum Gasteiger partial charge on any atom is -0.497 e. The normalized spacial score (nSPS) is 15.4. The van der Waals surface area contributed by atoms with E-state index in [4.69, 9.17) is 14.2 Å². The number of carbonyl (C=O) groups is 1.